The molecule has 152 valence electrons. The van der Waals surface area contributed by atoms with Crippen molar-refractivity contribution >= 4 is 5.97 Å². The number of hydrogen-bond acceptors (Lipinski definition) is 4. The highest BCUT2D eigenvalue weighted by Gasteiger charge is 2.53. The van der Waals surface area contributed by atoms with Crippen molar-refractivity contribution in [2.45, 2.75) is 57.3 Å². The van der Waals surface area contributed by atoms with Crippen LogP contribution in [-0.2, 0) is 4.79 Å². The van der Waals surface area contributed by atoms with Gasteiger partial charge in [-0.2, -0.15) is 0 Å². The first-order chi connectivity index (χ1) is 13.3. The number of aliphatic hydroxyl groups is 2. The molecule has 3 N–H and O–H groups in total. The van der Waals surface area contributed by atoms with Crippen molar-refractivity contribution in [2.24, 2.45) is 11.8 Å². The molecule has 1 unspecified atom stereocenters. The van der Waals surface area contributed by atoms with Gasteiger partial charge in [-0.05, 0) is 62.7 Å². The number of carboxylic acids is 1. The van der Waals surface area contributed by atoms with Gasteiger partial charge in [0.2, 0.25) is 5.79 Å². The Kier molecular flexibility index (Phi) is 7.64. The molecule has 0 saturated heterocycles. The SMILES string of the molecule is CC/C=C/[C@H]1CCC[C@@H]1CC=C=CC([18OH])([18OH])C(C)(Oc1ccccc1)C(=O)O. The van der Waals surface area contributed by atoms with Crippen LogP contribution in [0.1, 0.15) is 46.0 Å². The van der Waals surface area contributed by atoms with E-state index in [0.717, 1.165) is 32.3 Å². The zero-order valence-corrected chi connectivity index (χ0v) is 16.5. The van der Waals surface area contributed by atoms with Gasteiger partial charge in [-0.1, -0.05) is 43.7 Å². The zero-order chi connectivity index (χ0) is 20.6. The topological polar surface area (TPSA) is 87.0 Å². The molecule has 1 fully saturated rings. The fraction of sp³-hybridized carbons (Fsp3) is 0.478. The summed E-state index contributed by atoms with van der Waals surface area (Å²) in [4.78, 5) is 11.7. The fourth-order valence-corrected chi connectivity index (χ4v) is 3.46. The quantitative estimate of drug-likeness (QED) is 0.256. The average Bonchev–Trinajstić information content (AvgIpc) is 3.11. The molecule has 5 nitrogen and oxygen atoms in total. The smallest absolute Gasteiger partial charge is 0.353 e. The molecule has 1 aliphatic carbocycles. The second-order valence-corrected chi connectivity index (χ2v) is 7.42. The van der Waals surface area contributed by atoms with E-state index in [0.29, 0.717) is 11.8 Å². The molecule has 1 aromatic rings. The lowest BCUT2D eigenvalue weighted by molar-refractivity contribution is -0.232. The summed E-state index contributed by atoms with van der Waals surface area (Å²) in [6, 6.07) is 8.22. The van der Waals surface area contributed by atoms with Crippen LogP contribution in [-0.4, -0.2) is 32.7 Å². The Bertz CT molecular complexity index is 731. The Labute approximate surface area is 166 Å². The van der Waals surface area contributed by atoms with Crippen LogP contribution >= 0.6 is 0 Å². The van der Waals surface area contributed by atoms with Crippen LogP contribution in [0.4, 0.5) is 0 Å². The number of ether oxygens (including phenoxy) is 1. The summed E-state index contributed by atoms with van der Waals surface area (Å²) in [5.74, 6) is -2.95. The number of aliphatic carboxylic acids is 1. The van der Waals surface area contributed by atoms with Crippen LogP contribution < -0.4 is 4.74 Å². The van der Waals surface area contributed by atoms with Crippen molar-refractivity contribution in [2.75, 3.05) is 0 Å². The summed E-state index contributed by atoms with van der Waals surface area (Å²) in [5, 5.41) is 30.4. The summed E-state index contributed by atoms with van der Waals surface area (Å²) in [6.07, 6.45) is 12.4. The van der Waals surface area contributed by atoms with E-state index in [9.17, 15) is 20.1 Å². The summed E-state index contributed by atoms with van der Waals surface area (Å²) in [7, 11) is 0. The van der Waals surface area contributed by atoms with Gasteiger partial charge in [0.05, 0.1) is 0 Å². The van der Waals surface area contributed by atoms with Crippen LogP contribution in [0.15, 0.2) is 60.4 Å². The van der Waals surface area contributed by atoms with Gasteiger partial charge in [0.25, 0.3) is 5.60 Å². The highest BCUT2D eigenvalue weighted by atomic mass is 18.3. The van der Waals surface area contributed by atoms with Crippen molar-refractivity contribution in [3.05, 3.63) is 60.4 Å². The second-order valence-electron chi connectivity index (χ2n) is 7.42. The third kappa shape index (κ3) is 5.35. The fourth-order valence-electron chi connectivity index (χ4n) is 3.46. The number of para-hydroxylation sites is 1. The first-order valence-electron chi connectivity index (χ1n) is 9.81. The first-order valence-corrected chi connectivity index (χ1v) is 9.81. The third-order valence-electron chi connectivity index (χ3n) is 5.34. The monoisotopic (exact) mass is 390 g/mol. The maximum atomic E-state index is 11.7. The van der Waals surface area contributed by atoms with Crippen LogP contribution in [0.3, 0.4) is 0 Å². The number of allylic oxidation sites excluding steroid dienone is 2. The molecule has 3 atom stereocenters. The molecule has 28 heavy (non-hydrogen) atoms. The first kappa shape index (κ1) is 22.0. The van der Waals surface area contributed by atoms with Crippen molar-refractivity contribution in [3.63, 3.8) is 0 Å². The minimum atomic E-state index is -2.73. The van der Waals surface area contributed by atoms with Crippen LogP contribution in [0.25, 0.3) is 0 Å². The van der Waals surface area contributed by atoms with E-state index in [2.05, 4.69) is 24.8 Å². The average molecular weight is 390 g/mol. The third-order valence-corrected chi connectivity index (χ3v) is 5.34. The van der Waals surface area contributed by atoms with Gasteiger partial charge in [-0.15, -0.1) is 5.73 Å². The molecule has 2 rings (SSSR count). The van der Waals surface area contributed by atoms with Gasteiger partial charge in [0.15, 0.2) is 0 Å². The maximum absolute atomic E-state index is 11.7. The largest absolute Gasteiger partial charge is 0.478 e. The van der Waals surface area contributed by atoms with Gasteiger partial charge < -0.3 is 20.1 Å². The molecule has 0 spiro atoms. The molecular formula is C23H30O5. The lowest BCUT2D eigenvalue weighted by Gasteiger charge is -2.35. The highest BCUT2D eigenvalue weighted by Crippen LogP contribution is 2.35. The number of carbonyl (C=O) groups is 1. The summed E-state index contributed by atoms with van der Waals surface area (Å²) < 4.78 is 5.43. The molecular weight excluding hydrogens is 360 g/mol. The summed E-state index contributed by atoms with van der Waals surface area (Å²) >= 11 is 0. The minimum Gasteiger partial charge on any atom is -0.478 e. The van der Waals surface area contributed by atoms with Crippen LogP contribution in [0.5, 0.6) is 5.75 Å². The van der Waals surface area contributed by atoms with E-state index in [1.165, 1.54) is 12.8 Å². The molecule has 0 radical (unpaired) electrons. The van der Waals surface area contributed by atoms with Crippen molar-refractivity contribution in [3.8, 4) is 5.75 Å². The minimum absolute atomic E-state index is 0.230. The number of benzene rings is 1. The van der Waals surface area contributed by atoms with Gasteiger partial charge in [0, 0.05) is 6.08 Å². The molecule has 0 heterocycles. The predicted molar refractivity (Wildman–Crippen MR) is 108 cm³/mol. The Hall–Kier alpha value is -2.33. The molecule has 0 aromatic heterocycles. The molecule has 1 aromatic carbocycles. The van der Waals surface area contributed by atoms with Gasteiger partial charge >= 0.3 is 5.97 Å². The van der Waals surface area contributed by atoms with Crippen molar-refractivity contribution < 1.29 is 24.9 Å². The normalized spacial score (nSPS) is 21.7. The maximum Gasteiger partial charge on any atom is 0.353 e. The zero-order valence-electron chi connectivity index (χ0n) is 16.5. The Morgan fingerprint density at radius 3 is 2.68 bits per heavy atom. The Morgan fingerprint density at radius 1 is 1.32 bits per heavy atom. The molecule has 0 amide bonds. The Morgan fingerprint density at radius 2 is 2.04 bits per heavy atom. The molecule has 1 aliphatic rings. The number of hydrogen-bond donors (Lipinski definition) is 3. The van der Waals surface area contributed by atoms with Gasteiger partial charge in [-0.3, -0.25) is 0 Å². The van der Waals surface area contributed by atoms with E-state index >= 15 is 0 Å². The lowest BCUT2D eigenvalue weighted by atomic mass is 9.92. The van der Waals surface area contributed by atoms with Crippen molar-refractivity contribution in [1.29, 1.82) is 0 Å². The number of carboxylic acid groups (broad SMARTS) is 1. The second kappa shape index (κ2) is 9.74. The van der Waals surface area contributed by atoms with E-state index in [4.69, 9.17) is 4.74 Å². The Balaban J connectivity index is 2.11. The van der Waals surface area contributed by atoms with E-state index in [1.807, 2.05) is 0 Å². The number of rotatable bonds is 9. The van der Waals surface area contributed by atoms with E-state index in [1.54, 1.807) is 36.4 Å². The van der Waals surface area contributed by atoms with Gasteiger partial charge in [0.1, 0.15) is 5.75 Å². The van der Waals surface area contributed by atoms with Crippen LogP contribution in [0, 0.1) is 11.8 Å². The van der Waals surface area contributed by atoms with Gasteiger partial charge in [-0.25, -0.2) is 4.79 Å². The summed E-state index contributed by atoms with van der Waals surface area (Å²) in [5.41, 5.74) is 0.475. The van der Waals surface area contributed by atoms with Crippen molar-refractivity contribution in [1.82, 2.24) is 0 Å². The van der Waals surface area contributed by atoms with E-state index in [-0.39, 0.29) is 5.75 Å². The standard InChI is InChI=1S/C23H30O5/c1-3-4-11-18-13-10-14-19(18)12-8-9-17-23(26,27)22(2,21(24)25)28-20-15-6-5-7-16-20/h4-8,11,15-19,26-27H,3,10,12-14H2,1-2H3,(H,24,25)/b11-4+/t9?,18-,19-,22?/m0/s1/i26+2,27+2. The highest BCUT2D eigenvalue weighted by molar-refractivity contribution is 5.79. The van der Waals surface area contributed by atoms with E-state index < -0.39 is 17.4 Å². The lowest BCUT2D eigenvalue weighted by Crippen LogP contribution is -2.60. The molecule has 1 saturated carbocycles. The molecule has 5 heteroatoms. The molecule has 0 aliphatic heterocycles. The predicted octanol–water partition coefficient (Wildman–Crippen LogP) is 4.07. The summed E-state index contributed by atoms with van der Waals surface area (Å²) in [6.45, 7) is 3.24. The molecule has 0 bridgehead atoms. The van der Waals surface area contributed by atoms with Crippen LogP contribution in [0.2, 0.25) is 0 Å².